The molecule has 21 heavy (non-hydrogen) atoms. The van der Waals surface area contributed by atoms with Gasteiger partial charge >= 0.3 is 0 Å². The molecule has 108 valence electrons. The van der Waals surface area contributed by atoms with E-state index in [0.29, 0.717) is 11.4 Å². The lowest BCUT2D eigenvalue weighted by Gasteiger charge is -2.08. The van der Waals surface area contributed by atoms with E-state index < -0.39 is 10.8 Å². The van der Waals surface area contributed by atoms with Gasteiger partial charge in [0.25, 0.3) is 11.6 Å². The van der Waals surface area contributed by atoms with Crippen LogP contribution in [0, 0.1) is 24.0 Å². The van der Waals surface area contributed by atoms with Gasteiger partial charge in [-0.3, -0.25) is 14.9 Å². The Hall–Kier alpha value is -2.28. The Morgan fingerprint density at radius 1 is 1.33 bits per heavy atom. The third-order valence-corrected chi connectivity index (χ3v) is 3.38. The molecule has 0 saturated heterocycles. The van der Waals surface area contributed by atoms with Crippen LogP contribution >= 0.6 is 15.9 Å². The summed E-state index contributed by atoms with van der Waals surface area (Å²) in [6, 6.07) is 6.43. The maximum Gasteiger partial charge on any atom is 0.285 e. The number of hydrogen-bond acceptors (Lipinski definition) is 4. The Morgan fingerprint density at radius 3 is 2.67 bits per heavy atom. The summed E-state index contributed by atoms with van der Waals surface area (Å²) in [5.74, 6) is -0.178. The number of carbonyl (C=O) groups excluding carboxylic acids is 1. The van der Waals surface area contributed by atoms with E-state index in [-0.39, 0.29) is 11.3 Å². The van der Waals surface area contributed by atoms with Gasteiger partial charge in [-0.1, -0.05) is 12.1 Å². The van der Waals surface area contributed by atoms with Gasteiger partial charge in [0, 0.05) is 16.2 Å². The zero-order valence-corrected chi connectivity index (χ0v) is 13.0. The van der Waals surface area contributed by atoms with Crippen molar-refractivity contribution >= 4 is 33.3 Å². The number of anilines is 1. The second-order valence-corrected chi connectivity index (χ2v) is 5.42. The highest BCUT2D eigenvalue weighted by Gasteiger charge is 2.22. The van der Waals surface area contributed by atoms with Gasteiger partial charge < -0.3 is 5.32 Å². The van der Waals surface area contributed by atoms with Gasteiger partial charge in [-0.25, -0.2) is 4.98 Å². The second kappa shape index (κ2) is 6.01. The highest BCUT2D eigenvalue weighted by molar-refractivity contribution is 9.10. The van der Waals surface area contributed by atoms with Gasteiger partial charge in [0.05, 0.1) is 4.92 Å². The molecule has 1 amide bonds. The van der Waals surface area contributed by atoms with Crippen molar-refractivity contribution in [3.8, 4) is 0 Å². The lowest BCUT2D eigenvalue weighted by atomic mass is 10.1. The number of carbonyl (C=O) groups is 1. The van der Waals surface area contributed by atoms with E-state index in [1.807, 2.05) is 0 Å². The molecule has 0 radical (unpaired) electrons. The maximum absolute atomic E-state index is 12.3. The van der Waals surface area contributed by atoms with Crippen LogP contribution in [0.5, 0.6) is 0 Å². The molecule has 1 aromatic carbocycles. The van der Waals surface area contributed by atoms with Crippen LogP contribution in [0.3, 0.4) is 0 Å². The van der Waals surface area contributed by atoms with E-state index in [1.54, 1.807) is 38.2 Å². The van der Waals surface area contributed by atoms with Gasteiger partial charge in [0.2, 0.25) is 0 Å². The third kappa shape index (κ3) is 3.25. The van der Waals surface area contributed by atoms with Gasteiger partial charge in [-0.15, -0.1) is 0 Å². The van der Waals surface area contributed by atoms with Crippen LogP contribution < -0.4 is 5.32 Å². The summed E-state index contributed by atoms with van der Waals surface area (Å²) < 4.78 is 0.791. The lowest BCUT2D eigenvalue weighted by molar-refractivity contribution is -0.385. The number of pyridine rings is 1. The van der Waals surface area contributed by atoms with E-state index >= 15 is 0 Å². The zero-order valence-electron chi connectivity index (χ0n) is 11.4. The molecule has 2 rings (SSSR count). The van der Waals surface area contributed by atoms with Crippen LogP contribution in [0.1, 0.15) is 21.5 Å². The highest BCUT2D eigenvalue weighted by Crippen LogP contribution is 2.24. The number of amides is 1. The first-order valence-electron chi connectivity index (χ1n) is 6.07. The predicted octanol–water partition coefficient (Wildman–Crippen LogP) is 3.62. The first-order valence-corrected chi connectivity index (χ1v) is 6.87. The summed E-state index contributed by atoms with van der Waals surface area (Å²) in [5.41, 5.74) is 1.02. The number of benzene rings is 1. The van der Waals surface area contributed by atoms with Crippen molar-refractivity contribution in [3.63, 3.8) is 0 Å². The Morgan fingerprint density at radius 2 is 2.05 bits per heavy atom. The van der Waals surface area contributed by atoms with Crippen molar-refractivity contribution in [2.24, 2.45) is 0 Å². The minimum absolute atomic E-state index is 0.0177. The Balaban J connectivity index is 2.37. The number of aryl methyl sites for hydroxylation is 2. The van der Waals surface area contributed by atoms with Gasteiger partial charge in [0.15, 0.2) is 0 Å². The lowest BCUT2D eigenvalue weighted by Crippen LogP contribution is -2.16. The normalized spacial score (nSPS) is 10.2. The van der Waals surface area contributed by atoms with Crippen molar-refractivity contribution < 1.29 is 9.72 Å². The summed E-state index contributed by atoms with van der Waals surface area (Å²) in [7, 11) is 0. The number of nitro benzene ring substituents is 1. The quantitative estimate of drug-likeness (QED) is 0.677. The molecule has 7 heteroatoms. The van der Waals surface area contributed by atoms with E-state index in [2.05, 4.69) is 26.2 Å². The fourth-order valence-electron chi connectivity index (χ4n) is 1.93. The first-order chi connectivity index (χ1) is 9.90. The molecule has 0 fully saturated rings. The fourth-order valence-corrected chi connectivity index (χ4v) is 2.38. The maximum atomic E-state index is 12.3. The van der Waals surface area contributed by atoms with Crippen molar-refractivity contribution in [1.82, 2.24) is 4.98 Å². The molecule has 2 aromatic rings. The second-order valence-electron chi connectivity index (χ2n) is 4.50. The van der Waals surface area contributed by atoms with Crippen LogP contribution in [-0.4, -0.2) is 15.8 Å². The first kappa shape index (κ1) is 15.1. The molecule has 6 nitrogen and oxygen atoms in total. The molecule has 0 aliphatic rings. The number of nitrogens with one attached hydrogen (secondary N) is 1. The fraction of sp³-hybridized carbons (Fsp3) is 0.143. The Kier molecular flexibility index (Phi) is 4.32. The van der Waals surface area contributed by atoms with Crippen LogP contribution in [0.15, 0.2) is 34.9 Å². The topological polar surface area (TPSA) is 85.1 Å². The number of aromatic nitrogens is 1. The molecule has 0 unspecified atom stereocenters. The van der Waals surface area contributed by atoms with Gasteiger partial charge in [-0.2, -0.15) is 0 Å². The Bertz CT molecular complexity index is 731. The number of halogens is 1. The predicted molar refractivity (Wildman–Crippen MR) is 82.5 cm³/mol. The molecule has 0 atom stereocenters. The highest BCUT2D eigenvalue weighted by atomic mass is 79.9. The van der Waals surface area contributed by atoms with Crippen molar-refractivity contribution in [1.29, 1.82) is 0 Å². The number of nitrogens with zero attached hydrogens (tertiary/aromatic N) is 2. The third-order valence-electron chi connectivity index (χ3n) is 2.94. The molecule has 0 saturated carbocycles. The molecule has 0 bridgehead atoms. The molecule has 0 aliphatic carbocycles. The largest absolute Gasteiger partial charge is 0.306 e. The minimum Gasteiger partial charge on any atom is -0.306 e. The van der Waals surface area contributed by atoms with Crippen molar-refractivity contribution in [3.05, 3.63) is 61.7 Å². The van der Waals surface area contributed by atoms with Crippen molar-refractivity contribution in [2.45, 2.75) is 13.8 Å². The van der Waals surface area contributed by atoms with E-state index in [0.717, 1.165) is 10.0 Å². The average molecular weight is 350 g/mol. The number of hydrogen-bond donors (Lipinski definition) is 1. The summed E-state index contributed by atoms with van der Waals surface area (Å²) in [4.78, 5) is 26.9. The SMILES string of the molecule is Cc1cc(Br)cnc1NC(=O)c1cccc(C)c1[N+](=O)[O-]. The number of nitro groups is 1. The molecular formula is C14H12BrN3O3. The van der Waals surface area contributed by atoms with Crippen LogP contribution in [0.4, 0.5) is 11.5 Å². The number of para-hydroxylation sites is 1. The molecule has 1 aromatic heterocycles. The van der Waals surface area contributed by atoms with E-state index in [4.69, 9.17) is 0 Å². The molecule has 0 aliphatic heterocycles. The van der Waals surface area contributed by atoms with Crippen LogP contribution in [-0.2, 0) is 0 Å². The number of rotatable bonds is 3. The monoisotopic (exact) mass is 349 g/mol. The average Bonchev–Trinajstić information content (AvgIpc) is 2.41. The molecule has 1 N–H and O–H groups in total. The Labute approximate surface area is 129 Å². The summed E-state index contributed by atoms with van der Waals surface area (Å²) in [6.45, 7) is 3.38. The summed E-state index contributed by atoms with van der Waals surface area (Å²) >= 11 is 3.28. The summed E-state index contributed by atoms with van der Waals surface area (Å²) in [5, 5.41) is 13.7. The van der Waals surface area contributed by atoms with Gasteiger partial charge in [-0.05, 0) is 47.5 Å². The molecular weight excluding hydrogens is 338 g/mol. The standard InChI is InChI=1S/C14H12BrN3O3/c1-8-4-3-5-11(12(8)18(20)21)14(19)17-13-9(2)6-10(15)7-16-13/h3-7H,1-2H3,(H,16,17,19). The van der Waals surface area contributed by atoms with Crippen LogP contribution in [0.25, 0.3) is 0 Å². The van der Waals surface area contributed by atoms with E-state index in [1.165, 1.54) is 6.07 Å². The van der Waals surface area contributed by atoms with Gasteiger partial charge in [0.1, 0.15) is 11.4 Å². The smallest absolute Gasteiger partial charge is 0.285 e. The van der Waals surface area contributed by atoms with Crippen LogP contribution in [0.2, 0.25) is 0 Å². The molecule has 0 spiro atoms. The zero-order chi connectivity index (χ0) is 15.6. The summed E-state index contributed by atoms with van der Waals surface area (Å²) in [6.07, 6.45) is 1.55. The molecule has 1 heterocycles. The minimum atomic E-state index is -0.552. The van der Waals surface area contributed by atoms with E-state index in [9.17, 15) is 14.9 Å². The van der Waals surface area contributed by atoms with Crippen molar-refractivity contribution in [2.75, 3.05) is 5.32 Å².